The number of ether oxygens (including phenoxy) is 1. The van der Waals surface area contributed by atoms with Crippen LogP contribution >= 0.6 is 0 Å². The van der Waals surface area contributed by atoms with Crippen LogP contribution in [-0.4, -0.2) is 29.1 Å². The van der Waals surface area contributed by atoms with Crippen LogP contribution in [0.4, 0.5) is 0 Å². The summed E-state index contributed by atoms with van der Waals surface area (Å²) < 4.78 is 5.31. The van der Waals surface area contributed by atoms with E-state index in [0.29, 0.717) is 6.04 Å². The zero-order valence-electron chi connectivity index (χ0n) is 13.2. The molecule has 1 heterocycles. The minimum Gasteiger partial charge on any atom is -0.457 e. The highest BCUT2D eigenvalue weighted by Gasteiger charge is 2.22. The highest BCUT2D eigenvalue weighted by Crippen LogP contribution is 2.21. The number of rotatable bonds is 4. The van der Waals surface area contributed by atoms with Gasteiger partial charge in [-0.05, 0) is 45.7 Å². The van der Waals surface area contributed by atoms with E-state index in [4.69, 9.17) is 4.74 Å². The topological polar surface area (TPSA) is 29.5 Å². The van der Waals surface area contributed by atoms with Crippen LogP contribution in [0.1, 0.15) is 39.2 Å². The average Bonchev–Trinajstić information content (AvgIpc) is 2.83. The third-order valence-electron chi connectivity index (χ3n) is 3.50. The zero-order chi connectivity index (χ0) is 15.3. The molecule has 3 heteroatoms. The van der Waals surface area contributed by atoms with Gasteiger partial charge in [-0.3, -0.25) is 4.90 Å². The van der Waals surface area contributed by atoms with E-state index in [1.165, 1.54) is 12.0 Å². The molecule has 1 aromatic rings. The van der Waals surface area contributed by atoms with Crippen LogP contribution in [0.15, 0.2) is 42.5 Å². The Labute approximate surface area is 127 Å². The van der Waals surface area contributed by atoms with Gasteiger partial charge >= 0.3 is 5.97 Å². The molecule has 1 saturated heterocycles. The smallest absolute Gasteiger partial charge is 0.330 e. The van der Waals surface area contributed by atoms with Gasteiger partial charge in [-0.2, -0.15) is 0 Å². The predicted molar refractivity (Wildman–Crippen MR) is 84.9 cm³/mol. The molecule has 1 aliphatic rings. The van der Waals surface area contributed by atoms with Crippen LogP contribution in [0.25, 0.3) is 0 Å². The maximum atomic E-state index is 11.8. The molecule has 21 heavy (non-hydrogen) atoms. The molecular weight excluding hydrogens is 262 g/mol. The summed E-state index contributed by atoms with van der Waals surface area (Å²) in [6.45, 7) is 7.67. The largest absolute Gasteiger partial charge is 0.457 e. The van der Waals surface area contributed by atoms with Crippen molar-refractivity contribution in [3.8, 4) is 0 Å². The fourth-order valence-electron chi connectivity index (χ4n) is 2.61. The molecule has 0 radical (unpaired) electrons. The van der Waals surface area contributed by atoms with Gasteiger partial charge in [-0.25, -0.2) is 4.79 Å². The van der Waals surface area contributed by atoms with E-state index in [1.54, 1.807) is 6.08 Å². The summed E-state index contributed by atoms with van der Waals surface area (Å²) in [5.74, 6) is -0.255. The van der Waals surface area contributed by atoms with Crippen LogP contribution in [0.5, 0.6) is 0 Å². The second-order valence-electron chi connectivity index (χ2n) is 6.56. The van der Waals surface area contributed by atoms with Crippen molar-refractivity contribution in [3.05, 3.63) is 48.0 Å². The lowest BCUT2D eigenvalue weighted by Crippen LogP contribution is -2.28. The molecule has 0 N–H and O–H groups in total. The van der Waals surface area contributed by atoms with Crippen molar-refractivity contribution in [2.24, 2.45) is 0 Å². The molecule has 1 aromatic carbocycles. The first-order chi connectivity index (χ1) is 9.94. The summed E-state index contributed by atoms with van der Waals surface area (Å²) >= 11 is 0. The summed E-state index contributed by atoms with van der Waals surface area (Å²) in [4.78, 5) is 14.2. The van der Waals surface area contributed by atoms with E-state index >= 15 is 0 Å². The lowest BCUT2D eigenvalue weighted by atomic mass is 10.1. The fourth-order valence-corrected chi connectivity index (χ4v) is 2.61. The van der Waals surface area contributed by atoms with Gasteiger partial charge in [-0.1, -0.05) is 36.4 Å². The van der Waals surface area contributed by atoms with Gasteiger partial charge in [-0.15, -0.1) is 0 Å². The molecule has 0 unspecified atom stereocenters. The molecule has 114 valence electrons. The fraction of sp³-hybridized carbons (Fsp3) is 0.500. The third-order valence-corrected chi connectivity index (χ3v) is 3.50. The van der Waals surface area contributed by atoms with Gasteiger partial charge in [0.05, 0.1) is 0 Å². The molecule has 0 amide bonds. The number of carbonyl (C=O) groups is 1. The standard InChI is InChI=1S/C18H25NO2/c1-18(2,3)21-17(20)12-11-16-10-7-13-19(16)14-15-8-5-4-6-9-15/h4-6,8-9,11-12,16H,7,10,13-14H2,1-3H3/b12-11+/t16-/m1/s1. The van der Waals surface area contributed by atoms with E-state index < -0.39 is 5.60 Å². The lowest BCUT2D eigenvalue weighted by molar-refractivity contribution is -0.148. The first-order valence-corrected chi connectivity index (χ1v) is 7.63. The molecule has 1 fully saturated rings. The van der Waals surface area contributed by atoms with Crippen molar-refractivity contribution in [1.29, 1.82) is 0 Å². The Morgan fingerprint density at radius 3 is 2.71 bits per heavy atom. The van der Waals surface area contributed by atoms with Crippen molar-refractivity contribution in [3.63, 3.8) is 0 Å². The Hall–Kier alpha value is -1.61. The SMILES string of the molecule is CC(C)(C)OC(=O)/C=C/[C@H]1CCCN1Cc1ccccc1. The lowest BCUT2D eigenvalue weighted by Gasteiger charge is -2.22. The molecule has 0 spiro atoms. The van der Waals surface area contributed by atoms with Gasteiger partial charge in [0.25, 0.3) is 0 Å². The molecule has 1 atom stereocenters. The van der Waals surface area contributed by atoms with Crippen molar-refractivity contribution in [2.75, 3.05) is 6.54 Å². The summed E-state index contributed by atoms with van der Waals surface area (Å²) in [5, 5.41) is 0. The highest BCUT2D eigenvalue weighted by atomic mass is 16.6. The maximum absolute atomic E-state index is 11.8. The van der Waals surface area contributed by atoms with Crippen LogP contribution in [0.2, 0.25) is 0 Å². The van der Waals surface area contributed by atoms with Crippen molar-refractivity contribution in [1.82, 2.24) is 4.90 Å². The molecule has 1 aliphatic heterocycles. The highest BCUT2D eigenvalue weighted by molar-refractivity contribution is 5.82. The molecule has 0 aromatic heterocycles. The van der Waals surface area contributed by atoms with Crippen molar-refractivity contribution >= 4 is 5.97 Å². The first kappa shape index (κ1) is 15.8. The van der Waals surface area contributed by atoms with Crippen LogP contribution < -0.4 is 0 Å². The van der Waals surface area contributed by atoms with E-state index in [2.05, 4.69) is 29.2 Å². The second kappa shape index (κ2) is 6.90. The predicted octanol–water partition coefficient (Wildman–Crippen LogP) is 3.55. The Balaban J connectivity index is 1.91. The Kier molecular flexibility index (Phi) is 5.18. The van der Waals surface area contributed by atoms with E-state index in [1.807, 2.05) is 32.9 Å². The molecule has 0 aliphatic carbocycles. The number of carbonyl (C=O) groups excluding carboxylic acids is 1. The summed E-state index contributed by atoms with van der Waals surface area (Å²) in [6.07, 6.45) is 5.85. The third kappa shape index (κ3) is 5.35. The normalized spacial score (nSPS) is 20.0. The number of likely N-dealkylation sites (tertiary alicyclic amines) is 1. The van der Waals surface area contributed by atoms with Gasteiger partial charge in [0, 0.05) is 18.7 Å². The number of benzene rings is 1. The Morgan fingerprint density at radius 2 is 2.05 bits per heavy atom. The van der Waals surface area contributed by atoms with Gasteiger partial charge in [0.1, 0.15) is 5.60 Å². The number of hydrogen-bond donors (Lipinski definition) is 0. The van der Waals surface area contributed by atoms with E-state index in [-0.39, 0.29) is 5.97 Å². The summed E-state index contributed by atoms with van der Waals surface area (Å²) in [5.41, 5.74) is 0.885. The quantitative estimate of drug-likeness (QED) is 0.626. The second-order valence-corrected chi connectivity index (χ2v) is 6.56. The molecular formula is C18H25NO2. The summed E-state index contributed by atoms with van der Waals surface area (Å²) in [7, 11) is 0. The maximum Gasteiger partial charge on any atom is 0.330 e. The first-order valence-electron chi connectivity index (χ1n) is 7.63. The van der Waals surface area contributed by atoms with Crippen LogP contribution in [-0.2, 0) is 16.1 Å². The number of hydrogen-bond acceptors (Lipinski definition) is 3. The molecule has 3 nitrogen and oxygen atoms in total. The van der Waals surface area contributed by atoms with Gasteiger partial charge < -0.3 is 4.74 Å². The number of nitrogens with zero attached hydrogens (tertiary/aromatic N) is 1. The molecule has 0 bridgehead atoms. The monoisotopic (exact) mass is 287 g/mol. The molecule has 2 rings (SSSR count). The number of esters is 1. The van der Waals surface area contributed by atoms with Crippen molar-refractivity contribution in [2.45, 2.75) is 51.8 Å². The minimum atomic E-state index is -0.430. The van der Waals surface area contributed by atoms with Crippen LogP contribution in [0.3, 0.4) is 0 Å². The van der Waals surface area contributed by atoms with Gasteiger partial charge in [0.2, 0.25) is 0 Å². The van der Waals surface area contributed by atoms with Gasteiger partial charge in [0.15, 0.2) is 0 Å². The Morgan fingerprint density at radius 1 is 1.33 bits per heavy atom. The summed E-state index contributed by atoms with van der Waals surface area (Å²) in [6, 6.07) is 10.8. The minimum absolute atomic E-state index is 0.255. The molecule has 0 saturated carbocycles. The van der Waals surface area contributed by atoms with E-state index in [9.17, 15) is 4.79 Å². The van der Waals surface area contributed by atoms with Crippen molar-refractivity contribution < 1.29 is 9.53 Å². The van der Waals surface area contributed by atoms with E-state index in [0.717, 1.165) is 19.5 Å². The average molecular weight is 287 g/mol. The zero-order valence-corrected chi connectivity index (χ0v) is 13.2. The Bertz CT molecular complexity index is 488. The van der Waals surface area contributed by atoms with Crippen LogP contribution in [0, 0.1) is 0 Å².